The molecule has 0 saturated carbocycles. The van der Waals surface area contributed by atoms with Crippen molar-refractivity contribution in [2.24, 2.45) is 10.9 Å². The highest BCUT2D eigenvalue weighted by atomic mass is 35.5. The number of alkyl halides is 2. The Morgan fingerprint density at radius 3 is 2.91 bits per heavy atom. The van der Waals surface area contributed by atoms with E-state index in [9.17, 15) is 4.79 Å². The molecule has 1 aromatic carbocycles. The summed E-state index contributed by atoms with van der Waals surface area (Å²) in [6, 6.07) is 9.27. The van der Waals surface area contributed by atoms with Crippen molar-refractivity contribution in [3.63, 3.8) is 0 Å². The summed E-state index contributed by atoms with van der Waals surface area (Å²) in [6.07, 6.45) is 1.67. The molecular weight excluding hydrogens is 329 g/mol. The monoisotopic (exact) mass is 341 g/mol. The highest BCUT2D eigenvalue weighted by molar-refractivity contribution is 6.35. The molecule has 0 spiro atoms. The number of ether oxygens (including phenoxy) is 1. The van der Waals surface area contributed by atoms with Crippen LogP contribution in [0.5, 0.6) is 5.75 Å². The summed E-state index contributed by atoms with van der Waals surface area (Å²) in [6.45, 7) is -0.0587. The van der Waals surface area contributed by atoms with Crippen LogP contribution in [0.25, 0.3) is 10.9 Å². The van der Waals surface area contributed by atoms with Gasteiger partial charge in [0.25, 0.3) is 0 Å². The molecule has 2 rings (SSSR count). The highest BCUT2D eigenvalue weighted by Crippen LogP contribution is 2.22. The fourth-order valence-corrected chi connectivity index (χ4v) is 1.76. The third kappa shape index (κ3) is 4.22. The summed E-state index contributed by atoms with van der Waals surface area (Å²) in [5.41, 5.74) is 6.31. The molecule has 22 heavy (non-hydrogen) atoms. The molecular formula is C14H13Cl2N3O3. The Kier molecular flexibility index (Phi) is 5.80. The summed E-state index contributed by atoms with van der Waals surface area (Å²) in [7, 11) is 0. The lowest BCUT2D eigenvalue weighted by Gasteiger charge is -2.08. The lowest BCUT2D eigenvalue weighted by atomic mass is 10.2. The number of benzene rings is 1. The molecule has 6 nitrogen and oxygen atoms in total. The Morgan fingerprint density at radius 1 is 1.36 bits per heavy atom. The number of halogens is 2. The number of carbonyl (C=O) groups excluding carboxylic acids is 1. The first-order valence-electron chi connectivity index (χ1n) is 6.31. The van der Waals surface area contributed by atoms with Gasteiger partial charge in [-0.2, -0.15) is 0 Å². The number of pyridine rings is 1. The summed E-state index contributed by atoms with van der Waals surface area (Å²) >= 11 is 11.0. The minimum Gasteiger partial charge on any atom is -0.483 e. The smallest absolute Gasteiger partial charge is 0.353 e. The van der Waals surface area contributed by atoms with Crippen LogP contribution in [0, 0.1) is 0 Å². The number of amidine groups is 1. The standard InChI is InChI=1S/C14H13Cl2N3O3/c15-7-10(16)14(20)22-19-12(17)8-21-11-5-1-3-9-4-2-6-18-13(9)11/h1-6,10H,7-8H2,(H2,17,19). The Hall–Kier alpha value is -2.05. The average molecular weight is 342 g/mol. The Morgan fingerprint density at radius 2 is 2.14 bits per heavy atom. The number of hydrogen-bond acceptors (Lipinski definition) is 5. The first-order chi connectivity index (χ1) is 10.6. The summed E-state index contributed by atoms with van der Waals surface area (Å²) < 4.78 is 5.53. The Bertz CT molecular complexity index is 689. The van der Waals surface area contributed by atoms with Gasteiger partial charge in [-0.05, 0) is 12.1 Å². The number of fused-ring (bicyclic) bond motifs is 1. The van der Waals surface area contributed by atoms with E-state index < -0.39 is 11.3 Å². The quantitative estimate of drug-likeness (QED) is 0.286. The fourth-order valence-electron chi connectivity index (χ4n) is 1.59. The maximum Gasteiger partial charge on any atom is 0.353 e. The van der Waals surface area contributed by atoms with Gasteiger partial charge in [0.05, 0.1) is 0 Å². The van der Waals surface area contributed by atoms with Crippen LogP contribution in [0.4, 0.5) is 0 Å². The van der Waals surface area contributed by atoms with Gasteiger partial charge in [0.1, 0.15) is 23.3 Å². The van der Waals surface area contributed by atoms with Crippen molar-refractivity contribution in [2.75, 3.05) is 12.5 Å². The second-order valence-corrected chi connectivity index (χ2v) is 5.07. The van der Waals surface area contributed by atoms with Gasteiger partial charge in [-0.1, -0.05) is 23.4 Å². The van der Waals surface area contributed by atoms with E-state index in [1.807, 2.05) is 24.3 Å². The maximum absolute atomic E-state index is 11.3. The van der Waals surface area contributed by atoms with Crippen LogP contribution < -0.4 is 10.5 Å². The summed E-state index contributed by atoms with van der Waals surface area (Å²) in [4.78, 5) is 20.1. The summed E-state index contributed by atoms with van der Waals surface area (Å²) in [5.74, 6) is -0.307. The van der Waals surface area contributed by atoms with Gasteiger partial charge < -0.3 is 15.3 Å². The topological polar surface area (TPSA) is 86.8 Å². The van der Waals surface area contributed by atoms with E-state index in [1.54, 1.807) is 12.3 Å². The average Bonchev–Trinajstić information content (AvgIpc) is 2.56. The number of para-hydroxylation sites is 1. The van der Waals surface area contributed by atoms with E-state index in [4.69, 9.17) is 33.7 Å². The van der Waals surface area contributed by atoms with E-state index in [0.29, 0.717) is 11.3 Å². The molecule has 0 bridgehead atoms. The number of carbonyl (C=O) groups is 1. The molecule has 0 radical (unpaired) electrons. The van der Waals surface area contributed by atoms with Crippen LogP contribution in [0.1, 0.15) is 0 Å². The molecule has 1 unspecified atom stereocenters. The second kappa shape index (κ2) is 7.82. The van der Waals surface area contributed by atoms with E-state index in [-0.39, 0.29) is 18.3 Å². The molecule has 1 heterocycles. The SMILES string of the molecule is N/C(COc1cccc2cccnc12)=N\OC(=O)C(Cl)CCl. The largest absolute Gasteiger partial charge is 0.483 e. The third-order valence-corrected chi connectivity index (χ3v) is 3.41. The van der Waals surface area contributed by atoms with Crippen molar-refractivity contribution in [3.05, 3.63) is 36.5 Å². The number of nitrogens with zero attached hydrogens (tertiary/aromatic N) is 2. The zero-order chi connectivity index (χ0) is 15.9. The predicted molar refractivity (Wildman–Crippen MR) is 85.3 cm³/mol. The van der Waals surface area contributed by atoms with Crippen molar-refractivity contribution in [3.8, 4) is 5.75 Å². The van der Waals surface area contributed by atoms with E-state index in [0.717, 1.165) is 5.39 Å². The lowest BCUT2D eigenvalue weighted by molar-refractivity contribution is -0.142. The van der Waals surface area contributed by atoms with Gasteiger partial charge in [0.2, 0.25) is 0 Å². The normalized spacial score (nSPS) is 12.9. The molecule has 0 fully saturated rings. The Labute approximate surface area is 136 Å². The molecule has 0 aliphatic carbocycles. The molecule has 2 N–H and O–H groups in total. The lowest BCUT2D eigenvalue weighted by Crippen LogP contribution is -2.24. The molecule has 0 saturated heterocycles. The number of hydrogen-bond donors (Lipinski definition) is 1. The van der Waals surface area contributed by atoms with Gasteiger partial charge in [0.15, 0.2) is 5.84 Å². The van der Waals surface area contributed by atoms with Crippen LogP contribution in [0.15, 0.2) is 41.7 Å². The first kappa shape index (κ1) is 16.3. The van der Waals surface area contributed by atoms with Crippen LogP contribution >= 0.6 is 23.2 Å². The van der Waals surface area contributed by atoms with Crippen molar-refractivity contribution in [1.29, 1.82) is 0 Å². The molecule has 1 atom stereocenters. The van der Waals surface area contributed by atoms with Gasteiger partial charge in [0, 0.05) is 17.5 Å². The number of nitrogens with two attached hydrogens (primary N) is 1. The molecule has 1 aromatic heterocycles. The molecule has 0 aliphatic rings. The van der Waals surface area contributed by atoms with E-state index in [1.165, 1.54) is 0 Å². The fraction of sp³-hybridized carbons (Fsp3) is 0.214. The van der Waals surface area contributed by atoms with Crippen molar-refractivity contribution < 1.29 is 14.4 Å². The van der Waals surface area contributed by atoms with Crippen LogP contribution in [0.3, 0.4) is 0 Å². The molecule has 2 aromatic rings. The predicted octanol–water partition coefficient (Wildman–Crippen LogP) is 2.28. The van der Waals surface area contributed by atoms with Gasteiger partial charge in [-0.15, -0.1) is 23.2 Å². The van der Waals surface area contributed by atoms with E-state index >= 15 is 0 Å². The number of oxime groups is 1. The number of rotatable bonds is 6. The molecule has 116 valence electrons. The van der Waals surface area contributed by atoms with Crippen LogP contribution in [-0.4, -0.2) is 34.7 Å². The van der Waals surface area contributed by atoms with Gasteiger partial charge in [-0.3, -0.25) is 4.98 Å². The van der Waals surface area contributed by atoms with Gasteiger partial charge in [-0.25, -0.2) is 4.79 Å². The zero-order valence-corrected chi connectivity index (χ0v) is 12.9. The second-order valence-electron chi connectivity index (χ2n) is 4.23. The number of aromatic nitrogens is 1. The van der Waals surface area contributed by atoms with Gasteiger partial charge >= 0.3 is 5.97 Å². The minimum absolute atomic E-state index is 0.0141. The Balaban J connectivity index is 1.98. The first-order valence-corrected chi connectivity index (χ1v) is 7.28. The van der Waals surface area contributed by atoms with Crippen molar-refractivity contribution in [2.45, 2.75) is 5.38 Å². The maximum atomic E-state index is 11.3. The highest BCUT2D eigenvalue weighted by Gasteiger charge is 2.16. The minimum atomic E-state index is -0.971. The van der Waals surface area contributed by atoms with Crippen LogP contribution in [-0.2, 0) is 9.63 Å². The molecule has 8 heteroatoms. The van der Waals surface area contributed by atoms with Crippen molar-refractivity contribution >= 4 is 45.9 Å². The molecule has 0 amide bonds. The van der Waals surface area contributed by atoms with Crippen molar-refractivity contribution in [1.82, 2.24) is 4.98 Å². The summed E-state index contributed by atoms with van der Waals surface area (Å²) in [5, 5.41) is 3.41. The molecule has 0 aliphatic heterocycles. The zero-order valence-electron chi connectivity index (χ0n) is 11.4. The third-order valence-electron chi connectivity index (χ3n) is 2.62. The van der Waals surface area contributed by atoms with Crippen LogP contribution in [0.2, 0.25) is 0 Å². The van der Waals surface area contributed by atoms with E-state index in [2.05, 4.69) is 15.0 Å².